The standard InChI is InChI=1S/C24H28N4O2/c1-6-12-24-18(7-2)23(15-27,20(28)30-24)22(13-25,14-26)19(29-24)16-8-10-17(11-9-16)21(3,4)5/h8-11,18-19,28H,6-7,12H2,1-5H3. The largest absolute Gasteiger partial charge is 0.447 e. The van der Waals surface area contributed by atoms with Gasteiger partial charge in [0.25, 0.3) is 0 Å². The van der Waals surface area contributed by atoms with Crippen LogP contribution in [-0.4, -0.2) is 11.7 Å². The van der Waals surface area contributed by atoms with Crippen LogP contribution in [0.5, 0.6) is 0 Å². The summed E-state index contributed by atoms with van der Waals surface area (Å²) >= 11 is 0. The van der Waals surface area contributed by atoms with E-state index in [-0.39, 0.29) is 11.3 Å². The molecule has 0 saturated carbocycles. The average molecular weight is 405 g/mol. The molecule has 1 aromatic rings. The predicted molar refractivity (Wildman–Crippen MR) is 111 cm³/mol. The number of nitriles is 3. The van der Waals surface area contributed by atoms with Gasteiger partial charge in [0.2, 0.25) is 17.1 Å². The molecule has 2 saturated heterocycles. The molecule has 0 radical (unpaired) electrons. The summed E-state index contributed by atoms with van der Waals surface area (Å²) in [4.78, 5) is 0. The summed E-state index contributed by atoms with van der Waals surface area (Å²) in [7, 11) is 0. The summed E-state index contributed by atoms with van der Waals surface area (Å²) in [5.41, 5.74) is -1.89. The fourth-order valence-corrected chi connectivity index (χ4v) is 5.13. The average Bonchev–Trinajstić information content (AvgIpc) is 2.91. The molecule has 4 unspecified atom stereocenters. The van der Waals surface area contributed by atoms with Gasteiger partial charge >= 0.3 is 0 Å². The molecule has 0 spiro atoms. The van der Waals surface area contributed by atoms with Gasteiger partial charge in [-0.3, -0.25) is 5.41 Å². The second kappa shape index (κ2) is 7.12. The Kier molecular flexibility index (Phi) is 5.18. The number of hydrogen-bond acceptors (Lipinski definition) is 6. The third kappa shape index (κ3) is 2.59. The summed E-state index contributed by atoms with van der Waals surface area (Å²) in [5.74, 6) is -2.10. The molecule has 6 heteroatoms. The number of benzene rings is 1. The molecule has 30 heavy (non-hydrogen) atoms. The van der Waals surface area contributed by atoms with E-state index in [1.54, 1.807) is 0 Å². The second-order valence-electron chi connectivity index (χ2n) is 9.28. The molecule has 2 bridgehead atoms. The van der Waals surface area contributed by atoms with Crippen LogP contribution in [0.3, 0.4) is 0 Å². The Hall–Kier alpha value is -2.88. The van der Waals surface area contributed by atoms with Crippen LogP contribution in [0.1, 0.15) is 71.1 Å². The van der Waals surface area contributed by atoms with Gasteiger partial charge < -0.3 is 9.47 Å². The van der Waals surface area contributed by atoms with Crippen molar-refractivity contribution in [1.82, 2.24) is 0 Å². The molecular weight excluding hydrogens is 376 g/mol. The molecule has 3 rings (SSSR count). The Morgan fingerprint density at radius 3 is 2.07 bits per heavy atom. The molecule has 2 heterocycles. The second-order valence-corrected chi connectivity index (χ2v) is 9.28. The van der Waals surface area contributed by atoms with Crippen LogP contribution in [0.15, 0.2) is 24.3 Å². The van der Waals surface area contributed by atoms with Gasteiger partial charge in [-0.1, -0.05) is 58.9 Å². The third-order valence-corrected chi connectivity index (χ3v) is 6.63. The number of nitrogens with zero attached hydrogens (tertiary/aromatic N) is 3. The van der Waals surface area contributed by atoms with Gasteiger partial charge in [0.1, 0.15) is 6.10 Å². The van der Waals surface area contributed by atoms with Crippen LogP contribution in [0.25, 0.3) is 0 Å². The predicted octanol–water partition coefficient (Wildman–Crippen LogP) is 5.13. The maximum atomic E-state index is 10.3. The van der Waals surface area contributed by atoms with E-state index in [9.17, 15) is 15.8 Å². The van der Waals surface area contributed by atoms with Crippen molar-refractivity contribution in [3.63, 3.8) is 0 Å². The van der Waals surface area contributed by atoms with Crippen molar-refractivity contribution in [3.05, 3.63) is 35.4 Å². The highest BCUT2D eigenvalue weighted by molar-refractivity contribution is 5.89. The number of rotatable bonds is 4. The topological polar surface area (TPSA) is 114 Å². The lowest BCUT2D eigenvalue weighted by molar-refractivity contribution is -0.286. The van der Waals surface area contributed by atoms with Crippen LogP contribution in [-0.2, 0) is 14.9 Å². The van der Waals surface area contributed by atoms with Gasteiger partial charge in [-0.05, 0) is 29.4 Å². The first-order valence-corrected chi connectivity index (χ1v) is 10.4. The Morgan fingerprint density at radius 1 is 1.03 bits per heavy atom. The smallest absolute Gasteiger partial charge is 0.217 e. The molecule has 2 aliphatic rings. The van der Waals surface area contributed by atoms with E-state index in [1.165, 1.54) is 0 Å². The van der Waals surface area contributed by atoms with Crippen molar-refractivity contribution in [3.8, 4) is 18.2 Å². The molecular formula is C24H28N4O2. The van der Waals surface area contributed by atoms with Gasteiger partial charge in [-0.15, -0.1) is 0 Å². The van der Waals surface area contributed by atoms with Crippen LogP contribution >= 0.6 is 0 Å². The third-order valence-electron chi connectivity index (χ3n) is 6.63. The SMILES string of the molecule is CCCC12OC(=N)C(C#N)(C1CC)C(C#N)(C#N)C(c1ccc(C(C)(C)C)cc1)O2. The minimum Gasteiger partial charge on any atom is -0.447 e. The van der Waals surface area contributed by atoms with Crippen molar-refractivity contribution in [1.29, 1.82) is 21.2 Å². The molecule has 156 valence electrons. The summed E-state index contributed by atoms with van der Waals surface area (Å²) < 4.78 is 12.4. The van der Waals surface area contributed by atoms with Gasteiger partial charge in [0.05, 0.1) is 24.1 Å². The highest BCUT2D eigenvalue weighted by atomic mass is 16.7. The van der Waals surface area contributed by atoms with Gasteiger partial charge in [0, 0.05) is 6.42 Å². The van der Waals surface area contributed by atoms with Crippen molar-refractivity contribution < 1.29 is 9.47 Å². The fourth-order valence-electron chi connectivity index (χ4n) is 5.13. The molecule has 4 atom stereocenters. The van der Waals surface area contributed by atoms with E-state index < -0.39 is 28.6 Å². The highest BCUT2D eigenvalue weighted by Gasteiger charge is 2.79. The van der Waals surface area contributed by atoms with Crippen molar-refractivity contribution in [2.45, 2.75) is 71.2 Å². The van der Waals surface area contributed by atoms with Crippen LogP contribution in [0.4, 0.5) is 0 Å². The van der Waals surface area contributed by atoms with Crippen molar-refractivity contribution in [2.24, 2.45) is 16.7 Å². The molecule has 1 aromatic carbocycles. The molecule has 2 aliphatic heterocycles. The lowest BCUT2D eigenvalue weighted by atomic mass is 9.52. The molecule has 2 fully saturated rings. The Balaban J connectivity index is 2.27. The zero-order valence-electron chi connectivity index (χ0n) is 18.2. The van der Waals surface area contributed by atoms with E-state index >= 15 is 0 Å². The van der Waals surface area contributed by atoms with Gasteiger partial charge in [0.15, 0.2) is 5.41 Å². The van der Waals surface area contributed by atoms with Crippen LogP contribution < -0.4 is 0 Å². The molecule has 1 N–H and O–H groups in total. The van der Waals surface area contributed by atoms with Crippen molar-refractivity contribution >= 4 is 5.90 Å². The van der Waals surface area contributed by atoms with E-state index in [0.717, 1.165) is 5.56 Å². The fraction of sp³-hybridized carbons (Fsp3) is 0.583. The quantitative estimate of drug-likeness (QED) is 0.747. The Labute approximate surface area is 178 Å². The number of nitrogens with one attached hydrogen (secondary N) is 1. The summed E-state index contributed by atoms with van der Waals surface area (Å²) in [6.07, 6.45) is 0.642. The zero-order valence-corrected chi connectivity index (χ0v) is 18.2. The normalized spacial score (nSPS) is 31.9. The number of ether oxygens (including phenoxy) is 2. The van der Waals surface area contributed by atoms with E-state index in [4.69, 9.17) is 14.9 Å². The molecule has 0 aliphatic carbocycles. The van der Waals surface area contributed by atoms with E-state index in [0.29, 0.717) is 24.8 Å². The minimum absolute atomic E-state index is 0.0532. The molecule has 6 nitrogen and oxygen atoms in total. The number of hydrogen-bond donors (Lipinski definition) is 1. The van der Waals surface area contributed by atoms with E-state index in [2.05, 4.69) is 39.0 Å². The lowest BCUT2D eigenvalue weighted by Crippen LogP contribution is -2.59. The highest BCUT2D eigenvalue weighted by Crippen LogP contribution is 2.68. The van der Waals surface area contributed by atoms with Crippen LogP contribution in [0, 0.1) is 56.2 Å². The summed E-state index contributed by atoms with van der Waals surface area (Å²) in [6, 6.07) is 14.0. The first kappa shape index (κ1) is 21.8. The Morgan fingerprint density at radius 2 is 1.63 bits per heavy atom. The van der Waals surface area contributed by atoms with Gasteiger partial charge in [-0.2, -0.15) is 15.8 Å². The minimum atomic E-state index is -1.89. The molecule has 0 aromatic heterocycles. The summed E-state index contributed by atoms with van der Waals surface area (Å²) in [6.45, 7) is 10.2. The Bertz CT molecular complexity index is 959. The maximum Gasteiger partial charge on any atom is 0.217 e. The maximum absolute atomic E-state index is 10.3. The number of fused-ring (bicyclic) bond motifs is 2. The first-order chi connectivity index (χ1) is 14.1. The van der Waals surface area contributed by atoms with Crippen molar-refractivity contribution in [2.75, 3.05) is 0 Å². The van der Waals surface area contributed by atoms with Gasteiger partial charge in [-0.25, -0.2) is 0 Å². The first-order valence-electron chi connectivity index (χ1n) is 10.4. The summed E-state index contributed by atoms with van der Waals surface area (Å²) in [5, 5.41) is 39.4. The van der Waals surface area contributed by atoms with Crippen LogP contribution in [0.2, 0.25) is 0 Å². The zero-order chi connectivity index (χ0) is 22.4. The van der Waals surface area contributed by atoms with E-state index in [1.807, 2.05) is 38.1 Å². The lowest BCUT2D eigenvalue weighted by Gasteiger charge is -2.49. The molecule has 0 amide bonds. The monoisotopic (exact) mass is 404 g/mol.